The summed E-state index contributed by atoms with van der Waals surface area (Å²) in [5.41, 5.74) is 6.83. The Kier molecular flexibility index (Phi) is 5.78. The van der Waals surface area contributed by atoms with E-state index in [1.54, 1.807) is 11.1 Å². The van der Waals surface area contributed by atoms with Crippen molar-refractivity contribution in [2.24, 2.45) is 11.7 Å². The molecule has 18 heavy (non-hydrogen) atoms. The Labute approximate surface area is 109 Å². The van der Waals surface area contributed by atoms with Crippen molar-refractivity contribution >= 4 is 5.91 Å². The topological polar surface area (TPSA) is 59.2 Å². The van der Waals surface area contributed by atoms with Gasteiger partial charge < -0.3 is 10.6 Å². The Morgan fingerprint density at radius 3 is 2.67 bits per heavy atom. The van der Waals surface area contributed by atoms with Crippen LogP contribution in [0.2, 0.25) is 0 Å². The van der Waals surface area contributed by atoms with Crippen molar-refractivity contribution < 1.29 is 4.79 Å². The maximum absolute atomic E-state index is 12.2. The molecule has 0 radical (unpaired) electrons. The van der Waals surface area contributed by atoms with Crippen LogP contribution >= 0.6 is 0 Å². The predicted octanol–water partition coefficient (Wildman–Crippen LogP) is 1.80. The van der Waals surface area contributed by atoms with Gasteiger partial charge in [-0.05, 0) is 31.4 Å². The van der Waals surface area contributed by atoms with Crippen LogP contribution in [0.25, 0.3) is 0 Å². The van der Waals surface area contributed by atoms with Crippen molar-refractivity contribution in [2.45, 2.75) is 39.8 Å². The molecular formula is C14H23N3O. The SMILES string of the molecule is CCN(Cc1ccccn1)C(=O)C(N)CC(C)C. The van der Waals surface area contributed by atoms with Gasteiger partial charge in [-0.15, -0.1) is 0 Å². The highest BCUT2D eigenvalue weighted by Gasteiger charge is 2.20. The smallest absolute Gasteiger partial charge is 0.239 e. The van der Waals surface area contributed by atoms with Crippen molar-refractivity contribution in [1.29, 1.82) is 0 Å². The van der Waals surface area contributed by atoms with Crippen LogP contribution in [-0.4, -0.2) is 28.4 Å². The molecule has 1 aromatic rings. The molecule has 0 aliphatic heterocycles. The highest BCUT2D eigenvalue weighted by Crippen LogP contribution is 2.08. The highest BCUT2D eigenvalue weighted by molar-refractivity contribution is 5.81. The van der Waals surface area contributed by atoms with Crippen molar-refractivity contribution in [1.82, 2.24) is 9.88 Å². The number of carbonyl (C=O) groups excluding carboxylic acids is 1. The molecule has 0 saturated heterocycles. The van der Waals surface area contributed by atoms with E-state index in [1.807, 2.05) is 25.1 Å². The molecule has 0 aromatic carbocycles. The first-order chi connectivity index (χ1) is 8.54. The van der Waals surface area contributed by atoms with Crippen molar-refractivity contribution in [3.63, 3.8) is 0 Å². The third-order valence-electron chi connectivity index (χ3n) is 2.81. The molecule has 0 aliphatic carbocycles. The molecule has 1 heterocycles. The monoisotopic (exact) mass is 249 g/mol. The molecule has 0 saturated carbocycles. The molecule has 4 heteroatoms. The molecule has 0 bridgehead atoms. The van der Waals surface area contributed by atoms with E-state index in [9.17, 15) is 4.79 Å². The van der Waals surface area contributed by atoms with Crippen molar-refractivity contribution in [3.05, 3.63) is 30.1 Å². The summed E-state index contributed by atoms with van der Waals surface area (Å²) in [5.74, 6) is 0.439. The summed E-state index contributed by atoms with van der Waals surface area (Å²) >= 11 is 0. The van der Waals surface area contributed by atoms with Crippen LogP contribution in [0.5, 0.6) is 0 Å². The number of carbonyl (C=O) groups is 1. The summed E-state index contributed by atoms with van der Waals surface area (Å²) < 4.78 is 0. The second-order valence-electron chi connectivity index (χ2n) is 4.91. The minimum absolute atomic E-state index is 0.0110. The molecule has 1 rings (SSSR count). The molecule has 0 spiro atoms. The first-order valence-electron chi connectivity index (χ1n) is 6.48. The van der Waals surface area contributed by atoms with Gasteiger partial charge in [0.05, 0.1) is 18.3 Å². The maximum atomic E-state index is 12.2. The maximum Gasteiger partial charge on any atom is 0.239 e. The third-order valence-corrected chi connectivity index (χ3v) is 2.81. The largest absolute Gasteiger partial charge is 0.336 e. The minimum atomic E-state index is -0.409. The third kappa shape index (κ3) is 4.45. The van der Waals surface area contributed by atoms with Crippen molar-refractivity contribution in [3.8, 4) is 0 Å². The Morgan fingerprint density at radius 1 is 1.44 bits per heavy atom. The zero-order chi connectivity index (χ0) is 13.5. The molecule has 4 nitrogen and oxygen atoms in total. The van der Waals surface area contributed by atoms with Crippen LogP contribution in [0.15, 0.2) is 24.4 Å². The standard InChI is InChI=1S/C14H23N3O/c1-4-17(10-12-7-5-6-8-16-12)14(18)13(15)9-11(2)3/h5-8,11,13H,4,9-10,15H2,1-3H3. The molecule has 2 N–H and O–H groups in total. The van der Waals surface area contributed by atoms with Gasteiger partial charge in [0.1, 0.15) is 0 Å². The van der Waals surface area contributed by atoms with Crippen LogP contribution in [0, 0.1) is 5.92 Å². The number of rotatable bonds is 6. The second-order valence-corrected chi connectivity index (χ2v) is 4.91. The molecule has 0 fully saturated rings. The number of likely N-dealkylation sites (N-methyl/N-ethyl adjacent to an activating group) is 1. The van der Waals surface area contributed by atoms with E-state index in [4.69, 9.17) is 5.73 Å². The van der Waals surface area contributed by atoms with Crippen LogP contribution in [0.1, 0.15) is 32.9 Å². The van der Waals surface area contributed by atoms with Gasteiger partial charge in [0, 0.05) is 12.7 Å². The summed E-state index contributed by atoms with van der Waals surface area (Å²) in [4.78, 5) is 18.2. The summed E-state index contributed by atoms with van der Waals surface area (Å²) in [6.45, 7) is 7.29. The molecular weight excluding hydrogens is 226 g/mol. The fourth-order valence-corrected chi connectivity index (χ4v) is 1.88. The van der Waals surface area contributed by atoms with Gasteiger partial charge in [-0.2, -0.15) is 0 Å². The Hall–Kier alpha value is -1.42. The van der Waals surface area contributed by atoms with E-state index in [0.717, 1.165) is 12.1 Å². The zero-order valence-corrected chi connectivity index (χ0v) is 11.5. The molecule has 100 valence electrons. The summed E-state index contributed by atoms with van der Waals surface area (Å²) in [7, 11) is 0. The van der Waals surface area contributed by atoms with E-state index in [0.29, 0.717) is 19.0 Å². The molecule has 0 aliphatic rings. The van der Waals surface area contributed by atoms with Crippen LogP contribution < -0.4 is 5.73 Å². The van der Waals surface area contributed by atoms with Gasteiger partial charge in [0.15, 0.2) is 0 Å². The molecule has 1 atom stereocenters. The fourth-order valence-electron chi connectivity index (χ4n) is 1.88. The van der Waals surface area contributed by atoms with E-state index < -0.39 is 6.04 Å². The first kappa shape index (κ1) is 14.6. The zero-order valence-electron chi connectivity index (χ0n) is 11.5. The van der Waals surface area contributed by atoms with Gasteiger partial charge in [-0.25, -0.2) is 0 Å². The lowest BCUT2D eigenvalue weighted by atomic mass is 10.0. The summed E-state index contributed by atoms with van der Waals surface area (Å²) in [6, 6.07) is 5.30. The number of nitrogens with two attached hydrogens (primary N) is 1. The number of pyridine rings is 1. The van der Waals surface area contributed by atoms with Crippen LogP contribution in [0.3, 0.4) is 0 Å². The lowest BCUT2D eigenvalue weighted by Crippen LogP contribution is -2.44. The Bertz CT molecular complexity index is 365. The number of nitrogens with zero attached hydrogens (tertiary/aromatic N) is 2. The average Bonchev–Trinajstić information content (AvgIpc) is 2.35. The van der Waals surface area contributed by atoms with Gasteiger partial charge in [0.25, 0.3) is 0 Å². The number of amides is 1. The van der Waals surface area contributed by atoms with Gasteiger partial charge in [0.2, 0.25) is 5.91 Å². The minimum Gasteiger partial charge on any atom is -0.336 e. The molecule has 1 unspecified atom stereocenters. The molecule has 1 aromatic heterocycles. The second kappa shape index (κ2) is 7.11. The quantitative estimate of drug-likeness (QED) is 0.836. The van der Waals surface area contributed by atoms with Crippen molar-refractivity contribution in [2.75, 3.05) is 6.54 Å². The predicted molar refractivity (Wildman–Crippen MR) is 72.8 cm³/mol. The normalized spacial score (nSPS) is 12.5. The number of hydrogen-bond donors (Lipinski definition) is 1. The van der Waals surface area contributed by atoms with E-state index in [1.165, 1.54) is 0 Å². The van der Waals surface area contributed by atoms with Crippen LogP contribution in [-0.2, 0) is 11.3 Å². The number of aromatic nitrogens is 1. The summed E-state index contributed by atoms with van der Waals surface area (Å²) in [6.07, 6.45) is 2.46. The average molecular weight is 249 g/mol. The lowest BCUT2D eigenvalue weighted by molar-refractivity contribution is -0.133. The van der Waals surface area contributed by atoms with Gasteiger partial charge in [-0.1, -0.05) is 19.9 Å². The number of hydrogen-bond acceptors (Lipinski definition) is 3. The lowest BCUT2D eigenvalue weighted by Gasteiger charge is -2.24. The fraction of sp³-hybridized carbons (Fsp3) is 0.571. The van der Waals surface area contributed by atoms with Gasteiger partial charge in [-0.3, -0.25) is 9.78 Å². The van der Waals surface area contributed by atoms with Crippen LogP contribution in [0.4, 0.5) is 0 Å². The summed E-state index contributed by atoms with van der Waals surface area (Å²) in [5, 5.41) is 0. The highest BCUT2D eigenvalue weighted by atomic mass is 16.2. The van der Waals surface area contributed by atoms with E-state index in [2.05, 4.69) is 18.8 Å². The van der Waals surface area contributed by atoms with E-state index >= 15 is 0 Å². The first-order valence-corrected chi connectivity index (χ1v) is 6.48. The van der Waals surface area contributed by atoms with Gasteiger partial charge >= 0.3 is 0 Å². The molecule has 1 amide bonds. The Balaban J connectivity index is 2.63. The van der Waals surface area contributed by atoms with E-state index in [-0.39, 0.29) is 5.91 Å². The Morgan fingerprint density at radius 2 is 2.17 bits per heavy atom.